The summed E-state index contributed by atoms with van der Waals surface area (Å²) in [7, 11) is 3.23. The van der Waals surface area contributed by atoms with Crippen molar-refractivity contribution < 1.29 is 9.59 Å². The highest BCUT2D eigenvalue weighted by Gasteiger charge is 2.20. The second kappa shape index (κ2) is 6.52. The number of carbonyl (C=O) groups is 2. The van der Waals surface area contributed by atoms with E-state index < -0.39 is 0 Å². The second-order valence-corrected chi connectivity index (χ2v) is 5.15. The average molecular weight is 275 g/mol. The van der Waals surface area contributed by atoms with Gasteiger partial charge in [-0.25, -0.2) is 0 Å². The third kappa shape index (κ3) is 3.57. The van der Waals surface area contributed by atoms with Gasteiger partial charge in [0.25, 0.3) is 0 Å². The van der Waals surface area contributed by atoms with Crippen LogP contribution in [0.5, 0.6) is 0 Å². The van der Waals surface area contributed by atoms with Gasteiger partial charge in [-0.2, -0.15) is 0 Å². The monoisotopic (exact) mass is 275 g/mol. The minimum atomic E-state index is -0.148. The largest absolute Gasteiger partial charge is 0.358 e. The third-order valence-electron chi connectivity index (χ3n) is 3.65. The van der Waals surface area contributed by atoms with Crippen molar-refractivity contribution in [3.8, 4) is 0 Å². The van der Waals surface area contributed by atoms with Crippen molar-refractivity contribution in [1.82, 2.24) is 15.1 Å². The molecular weight excluding hydrogens is 254 g/mol. The zero-order valence-electron chi connectivity index (χ0n) is 12.1. The molecule has 0 fully saturated rings. The van der Waals surface area contributed by atoms with Crippen molar-refractivity contribution in [2.75, 3.05) is 33.7 Å². The molecule has 1 N–H and O–H groups in total. The van der Waals surface area contributed by atoms with Crippen molar-refractivity contribution in [2.24, 2.45) is 0 Å². The summed E-state index contributed by atoms with van der Waals surface area (Å²) in [6.07, 6.45) is 0.975. The maximum Gasteiger partial charge on any atom is 0.239 e. The first kappa shape index (κ1) is 14.5. The Balaban J connectivity index is 1.89. The summed E-state index contributed by atoms with van der Waals surface area (Å²) < 4.78 is 0. The lowest BCUT2D eigenvalue weighted by Crippen LogP contribution is -2.43. The fourth-order valence-corrected chi connectivity index (χ4v) is 2.38. The molecule has 0 radical (unpaired) electrons. The lowest BCUT2D eigenvalue weighted by Gasteiger charge is -2.29. The number of nitrogens with one attached hydrogen (secondary N) is 1. The van der Waals surface area contributed by atoms with Gasteiger partial charge < -0.3 is 10.2 Å². The highest BCUT2D eigenvalue weighted by atomic mass is 16.2. The lowest BCUT2D eigenvalue weighted by atomic mass is 10.00. The van der Waals surface area contributed by atoms with E-state index in [0.717, 1.165) is 19.5 Å². The van der Waals surface area contributed by atoms with E-state index in [2.05, 4.69) is 28.4 Å². The van der Waals surface area contributed by atoms with Gasteiger partial charge in [0.2, 0.25) is 11.8 Å². The Bertz CT molecular complexity index is 502. The van der Waals surface area contributed by atoms with Gasteiger partial charge in [-0.15, -0.1) is 0 Å². The van der Waals surface area contributed by atoms with Gasteiger partial charge in [0, 0.05) is 27.2 Å². The molecule has 0 unspecified atom stereocenters. The van der Waals surface area contributed by atoms with Gasteiger partial charge in [0.15, 0.2) is 0 Å². The minimum absolute atomic E-state index is 0.0204. The fourth-order valence-electron chi connectivity index (χ4n) is 2.38. The van der Waals surface area contributed by atoms with E-state index in [1.807, 2.05) is 6.07 Å². The first-order valence-corrected chi connectivity index (χ1v) is 6.84. The molecule has 2 rings (SSSR count). The number of hydrogen-bond acceptors (Lipinski definition) is 3. The van der Waals surface area contributed by atoms with Crippen molar-refractivity contribution in [3.63, 3.8) is 0 Å². The predicted molar refractivity (Wildman–Crippen MR) is 77.1 cm³/mol. The Morgan fingerprint density at radius 1 is 1.30 bits per heavy atom. The maximum absolute atomic E-state index is 12.1. The topological polar surface area (TPSA) is 52.7 Å². The van der Waals surface area contributed by atoms with E-state index >= 15 is 0 Å². The minimum Gasteiger partial charge on any atom is -0.358 e. The van der Waals surface area contributed by atoms with Crippen molar-refractivity contribution in [3.05, 3.63) is 35.4 Å². The number of hydrogen-bond donors (Lipinski definition) is 1. The number of carbonyl (C=O) groups excluding carboxylic acids is 2. The quantitative estimate of drug-likeness (QED) is 0.857. The van der Waals surface area contributed by atoms with E-state index in [1.165, 1.54) is 16.0 Å². The predicted octanol–water partition coefficient (Wildman–Crippen LogP) is 0.249. The summed E-state index contributed by atoms with van der Waals surface area (Å²) in [5.41, 5.74) is 2.66. The molecule has 5 heteroatoms. The van der Waals surface area contributed by atoms with Crippen LogP contribution in [0.4, 0.5) is 0 Å². The molecule has 1 aliphatic rings. The van der Waals surface area contributed by atoms with Gasteiger partial charge in [-0.1, -0.05) is 24.3 Å². The van der Waals surface area contributed by atoms with Gasteiger partial charge >= 0.3 is 0 Å². The molecule has 0 saturated carbocycles. The van der Waals surface area contributed by atoms with Crippen LogP contribution in [0.25, 0.3) is 0 Å². The normalized spacial score (nSPS) is 14.5. The van der Waals surface area contributed by atoms with Crippen LogP contribution in [0.3, 0.4) is 0 Å². The van der Waals surface area contributed by atoms with Crippen molar-refractivity contribution in [2.45, 2.75) is 13.0 Å². The van der Waals surface area contributed by atoms with Crippen LogP contribution in [-0.4, -0.2) is 55.3 Å². The number of rotatable bonds is 4. The second-order valence-electron chi connectivity index (χ2n) is 5.15. The Morgan fingerprint density at radius 3 is 2.70 bits per heavy atom. The van der Waals surface area contributed by atoms with E-state index in [4.69, 9.17) is 0 Å². The molecule has 1 aromatic rings. The molecule has 0 aromatic heterocycles. The fraction of sp³-hybridized carbons (Fsp3) is 0.467. The van der Waals surface area contributed by atoms with Crippen LogP contribution in [0.1, 0.15) is 11.1 Å². The number of amides is 2. The average Bonchev–Trinajstić information content (AvgIpc) is 2.46. The third-order valence-corrected chi connectivity index (χ3v) is 3.65. The summed E-state index contributed by atoms with van der Waals surface area (Å²) >= 11 is 0. The molecule has 0 bridgehead atoms. The van der Waals surface area contributed by atoms with E-state index in [-0.39, 0.29) is 18.4 Å². The van der Waals surface area contributed by atoms with Gasteiger partial charge in [-0.05, 0) is 17.5 Å². The Morgan fingerprint density at radius 2 is 2.00 bits per heavy atom. The maximum atomic E-state index is 12.1. The van der Waals surface area contributed by atoms with E-state index in [0.29, 0.717) is 6.54 Å². The summed E-state index contributed by atoms with van der Waals surface area (Å²) in [6, 6.07) is 8.34. The van der Waals surface area contributed by atoms with Crippen LogP contribution >= 0.6 is 0 Å². The highest BCUT2D eigenvalue weighted by molar-refractivity contribution is 5.85. The number of likely N-dealkylation sites (N-methyl/N-ethyl adjacent to an activating group) is 2. The molecule has 0 aliphatic carbocycles. The van der Waals surface area contributed by atoms with Crippen LogP contribution in [0.15, 0.2) is 24.3 Å². The van der Waals surface area contributed by atoms with Gasteiger partial charge in [-0.3, -0.25) is 14.5 Å². The summed E-state index contributed by atoms with van der Waals surface area (Å²) in [5.74, 6) is -0.169. The molecule has 1 heterocycles. The van der Waals surface area contributed by atoms with Gasteiger partial charge in [0.1, 0.15) is 0 Å². The standard InChI is InChI=1S/C15H21N3O2/c1-16-14(19)10-17(2)15(20)11-18-8-7-12-5-3-4-6-13(12)9-18/h3-6H,7-11H2,1-2H3,(H,16,19). The summed E-state index contributed by atoms with van der Waals surface area (Å²) in [6.45, 7) is 2.16. The summed E-state index contributed by atoms with van der Waals surface area (Å²) in [5, 5.41) is 2.52. The SMILES string of the molecule is CNC(=O)CN(C)C(=O)CN1CCc2ccccc2C1. The lowest BCUT2D eigenvalue weighted by molar-refractivity contribution is -0.135. The molecule has 0 saturated heterocycles. The molecule has 1 aliphatic heterocycles. The molecule has 0 atom stereocenters. The molecule has 20 heavy (non-hydrogen) atoms. The molecule has 1 aromatic carbocycles. The highest BCUT2D eigenvalue weighted by Crippen LogP contribution is 2.18. The van der Waals surface area contributed by atoms with Crippen LogP contribution in [-0.2, 0) is 22.6 Å². The van der Waals surface area contributed by atoms with Gasteiger partial charge in [0.05, 0.1) is 13.1 Å². The smallest absolute Gasteiger partial charge is 0.239 e. The molecule has 5 nitrogen and oxygen atoms in total. The number of fused-ring (bicyclic) bond motifs is 1. The van der Waals surface area contributed by atoms with Crippen LogP contribution < -0.4 is 5.32 Å². The zero-order chi connectivity index (χ0) is 14.5. The molecule has 108 valence electrons. The first-order chi connectivity index (χ1) is 9.60. The van der Waals surface area contributed by atoms with Crippen molar-refractivity contribution >= 4 is 11.8 Å². The zero-order valence-corrected chi connectivity index (χ0v) is 12.1. The molecule has 0 spiro atoms. The van der Waals surface area contributed by atoms with Crippen LogP contribution in [0.2, 0.25) is 0 Å². The van der Waals surface area contributed by atoms with Crippen molar-refractivity contribution in [1.29, 1.82) is 0 Å². The van der Waals surface area contributed by atoms with E-state index in [9.17, 15) is 9.59 Å². The Hall–Kier alpha value is -1.88. The first-order valence-electron chi connectivity index (χ1n) is 6.84. The van der Waals surface area contributed by atoms with Crippen LogP contribution in [0, 0.1) is 0 Å². The number of benzene rings is 1. The van der Waals surface area contributed by atoms with E-state index in [1.54, 1.807) is 14.1 Å². The Kier molecular flexibility index (Phi) is 4.74. The number of nitrogens with zero attached hydrogens (tertiary/aromatic N) is 2. The molecule has 2 amide bonds. The molecular formula is C15H21N3O2. The Labute approximate surface area is 119 Å². The summed E-state index contributed by atoms with van der Waals surface area (Å²) in [4.78, 5) is 26.9.